The van der Waals surface area contributed by atoms with E-state index < -0.39 is 32.5 Å². The Hall–Kier alpha value is -1.58. The maximum absolute atomic E-state index is 12.3. The average Bonchev–Trinajstić information content (AvgIpc) is 2.91. The van der Waals surface area contributed by atoms with Gasteiger partial charge in [-0.2, -0.15) is 0 Å². The van der Waals surface area contributed by atoms with Crippen LogP contribution < -0.4 is 0 Å². The third-order valence-corrected chi connectivity index (χ3v) is 7.60. The molecule has 0 spiro atoms. The van der Waals surface area contributed by atoms with Crippen LogP contribution in [0.4, 0.5) is 0 Å². The Morgan fingerprint density at radius 1 is 0.786 bits per heavy atom. The second-order valence-corrected chi connectivity index (χ2v) is 13.3. The van der Waals surface area contributed by atoms with Crippen molar-refractivity contribution >= 4 is 26.0 Å². The van der Waals surface area contributed by atoms with Crippen molar-refractivity contribution in [3.63, 3.8) is 0 Å². The van der Waals surface area contributed by atoms with Crippen LogP contribution >= 0.6 is 7.82 Å². The van der Waals surface area contributed by atoms with E-state index in [1.165, 1.54) is 70.3 Å². The SMILES string of the molecule is CCCCCCCCCCCCCCCC(=O)OC[C@H](COP(=O)(O)OCC[N+](C)(C)C)OC(=O)CCC/C=C/C=O. The van der Waals surface area contributed by atoms with Crippen molar-refractivity contribution in [3.8, 4) is 0 Å². The summed E-state index contributed by atoms with van der Waals surface area (Å²) < 4.78 is 33.5. The van der Waals surface area contributed by atoms with Crippen LogP contribution in [0.25, 0.3) is 0 Å². The number of aldehydes is 1. The minimum absolute atomic E-state index is 0.00412. The van der Waals surface area contributed by atoms with Gasteiger partial charge >= 0.3 is 19.8 Å². The molecule has 0 heterocycles. The van der Waals surface area contributed by atoms with Crippen molar-refractivity contribution in [2.24, 2.45) is 0 Å². The molecule has 0 aliphatic rings. The minimum atomic E-state index is -4.39. The normalized spacial score (nSPS) is 14.0. The van der Waals surface area contributed by atoms with Crippen LogP contribution in [0.1, 0.15) is 116 Å². The molecule has 0 aliphatic carbocycles. The maximum atomic E-state index is 12.3. The van der Waals surface area contributed by atoms with Crippen LogP contribution in [0.2, 0.25) is 0 Å². The van der Waals surface area contributed by atoms with E-state index >= 15 is 0 Å². The molecule has 0 aromatic carbocycles. The van der Waals surface area contributed by atoms with Crippen LogP contribution in [-0.2, 0) is 37.5 Å². The first-order valence-electron chi connectivity index (χ1n) is 15.9. The minimum Gasteiger partial charge on any atom is -0.462 e. The highest BCUT2D eigenvalue weighted by atomic mass is 31.2. The number of phosphoric ester groups is 1. The predicted octanol–water partition coefficient (Wildman–Crippen LogP) is 6.69. The Morgan fingerprint density at radius 2 is 1.33 bits per heavy atom. The summed E-state index contributed by atoms with van der Waals surface area (Å²) in [5.74, 6) is -0.973. The topological polar surface area (TPSA) is 125 Å². The summed E-state index contributed by atoms with van der Waals surface area (Å²) in [7, 11) is 1.37. The molecular weight excluding hydrogens is 561 g/mol. The predicted molar refractivity (Wildman–Crippen MR) is 165 cm³/mol. The zero-order valence-electron chi connectivity index (χ0n) is 26.8. The fourth-order valence-corrected chi connectivity index (χ4v) is 4.81. The van der Waals surface area contributed by atoms with E-state index in [0.717, 1.165) is 19.3 Å². The number of hydrogen-bond acceptors (Lipinski definition) is 8. The van der Waals surface area contributed by atoms with E-state index in [1.807, 2.05) is 21.1 Å². The molecule has 0 fully saturated rings. The molecule has 10 nitrogen and oxygen atoms in total. The summed E-state index contributed by atoms with van der Waals surface area (Å²) >= 11 is 0. The molecular formula is C31H59NO9P+. The second-order valence-electron chi connectivity index (χ2n) is 11.9. The van der Waals surface area contributed by atoms with E-state index in [4.69, 9.17) is 18.5 Å². The number of carbonyl (C=O) groups is 3. The molecule has 1 unspecified atom stereocenters. The van der Waals surface area contributed by atoms with Crippen molar-refractivity contribution in [1.29, 1.82) is 0 Å². The van der Waals surface area contributed by atoms with Crippen molar-refractivity contribution < 1.29 is 46.8 Å². The zero-order chi connectivity index (χ0) is 31.5. The number of quaternary nitrogens is 1. The Bertz CT molecular complexity index is 783. The molecule has 0 aliphatic heterocycles. The number of rotatable bonds is 29. The van der Waals surface area contributed by atoms with Gasteiger partial charge in [0.05, 0.1) is 27.7 Å². The third-order valence-electron chi connectivity index (χ3n) is 6.62. The molecule has 0 aromatic heterocycles. The summed E-state index contributed by atoms with van der Waals surface area (Å²) in [6, 6.07) is 0. The fourth-order valence-electron chi connectivity index (χ4n) is 4.07. The number of ether oxygens (including phenoxy) is 2. The lowest BCUT2D eigenvalue weighted by atomic mass is 10.0. The summed E-state index contributed by atoms with van der Waals surface area (Å²) in [5.41, 5.74) is 0. The van der Waals surface area contributed by atoms with Gasteiger partial charge in [0, 0.05) is 12.8 Å². The maximum Gasteiger partial charge on any atom is 0.472 e. The molecule has 0 amide bonds. The molecule has 0 rings (SSSR count). The van der Waals surface area contributed by atoms with E-state index in [1.54, 1.807) is 6.08 Å². The van der Waals surface area contributed by atoms with Crippen molar-refractivity contribution in [2.75, 3.05) is 47.5 Å². The Labute approximate surface area is 254 Å². The van der Waals surface area contributed by atoms with Crippen molar-refractivity contribution in [1.82, 2.24) is 0 Å². The Morgan fingerprint density at radius 3 is 1.88 bits per heavy atom. The summed E-state index contributed by atoms with van der Waals surface area (Å²) in [6.07, 6.45) is 19.7. The lowest BCUT2D eigenvalue weighted by Gasteiger charge is -2.24. The van der Waals surface area contributed by atoms with Crippen LogP contribution in [0.15, 0.2) is 12.2 Å². The van der Waals surface area contributed by atoms with E-state index in [2.05, 4.69) is 6.92 Å². The third kappa shape index (κ3) is 28.5. The molecule has 42 heavy (non-hydrogen) atoms. The first kappa shape index (κ1) is 40.4. The number of phosphoric acid groups is 1. The van der Waals surface area contributed by atoms with Gasteiger partial charge in [0.1, 0.15) is 26.0 Å². The molecule has 2 atom stereocenters. The molecule has 0 saturated heterocycles. The first-order valence-corrected chi connectivity index (χ1v) is 17.4. The standard InChI is InChI=1S/C31H58NO9P/c1-5-6-7-8-9-10-11-12-13-14-15-16-19-22-30(34)38-27-29(41-31(35)23-20-17-18-21-25-33)28-40-42(36,37)39-26-24-32(2,3)4/h18,21,25,29H,5-17,19-20,22-24,26-28H2,1-4H3/p+1/b21-18+/t29-/m1/s1. The van der Waals surface area contributed by atoms with Gasteiger partial charge in [-0.3, -0.25) is 23.4 Å². The summed E-state index contributed by atoms with van der Waals surface area (Å²) in [5, 5.41) is 0. The van der Waals surface area contributed by atoms with E-state index in [0.29, 0.717) is 30.2 Å². The van der Waals surface area contributed by atoms with Crippen LogP contribution in [-0.4, -0.2) is 81.2 Å². The van der Waals surface area contributed by atoms with Gasteiger partial charge < -0.3 is 18.9 Å². The number of hydrogen-bond donors (Lipinski definition) is 1. The van der Waals surface area contributed by atoms with Crippen molar-refractivity contribution in [2.45, 2.75) is 122 Å². The van der Waals surface area contributed by atoms with Gasteiger partial charge in [0.25, 0.3) is 0 Å². The van der Waals surface area contributed by atoms with Crippen LogP contribution in [0, 0.1) is 0 Å². The van der Waals surface area contributed by atoms with Gasteiger partial charge in [-0.05, 0) is 25.3 Å². The highest BCUT2D eigenvalue weighted by Gasteiger charge is 2.27. The van der Waals surface area contributed by atoms with Gasteiger partial charge in [-0.25, -0.2) is 4.57 Å². The molecule has 11 heteroatoms. The summed E-state index contributed by atoms with van der Waals surface area (Å²) in [4.78, 5) is 44.9. The Kier molecular flexibility index (Phi) is 24.9. The number of nitrogens with zero attached hydrogens (tertiary/aromatic N) is 1. The molecule has 246 valence electrons. The lowest BCUT2D eigenvalue weighted by molar-refractivity contribution is -0.870. The van der Waals surface area contributed by atoms with Gasteiger partial charge in [0.15, 0.2) is 6.10 Å². The highest BCUT2D eigenvalue weighted by Crippen LogP contribution is 2.43. The van der Waals surface area contributed by atoms with Gasteiger partial charge in [-0.1, -0.05) is 90.0 Å². The van der Waals surface area contributed by atoms with Gasteiger partial charge in [-0.15, -0.1) is 0 Å². The van der Waals surface area contributed by atoms with Crippen molar-refractivity contribution in [3.05, 3.63) is 12.2 Å². The number of esters is 2. The van der Waals surface area contributed by atoms with E-state index in [9.17, 15) is 23.8 Å². The zero-order valence-corrected chi connectivity index (χ0v) is 27.7. The number of unbranched alkanes of at least 4 members (excludes halogenated alkanes) is 13. The molecule has 1 N–H and O–H groups in total. The lowest BCUT2D eigenvalue weighted by Crippen LogP contribution is -2.37. The molecule has 0 bridgehead atoms. The van der Waals surface area contributed by atoms with E-state index in [-0.39, 0.29) is 26.1 Å². The molecule has 0 aromatic rings. The number of likely N-dealkylation sites (N-methyl/N-ethyl adjacent to an activating group) is 1. The highest BCUT2D eigenvalue weighted by molar-refractivity contribution is 7.47. The largest absolute Gasteiger partial charge is 0.472 e. The number of carbonyl (C=O) groups excluding carboxylic acids is 3. The number of allylic oxidation sites excluding steroid dienone is 2. The second kappa shape index (κ2) is 25.9. The fraction of sp³-hybridized carbons (Fsp3) is 0.839. The molecule has 0 radical (unpaired) electrons. The van der Waals surface area contributed by atoms with Crippen LogP contribution in [0.5, 0.6) is 0 Å². The quantitative estimate of drug-likeness (QED) is 0.0243. The first-order chi connectivity index (χ1) is 20.0. The smallest absolute Gasteiger partial charge is 0.462 e. The Balaban J connectivity index is 4.38. The molecule has 0 saturated carbocycles. The van der Waals surface area contributed by atoms with Gasteiger partial charge in [0.2, 0.25) is 0 Å². The summed E-state index contributed by atoms with van der Waals surface area (Å²) in [6.45, 7) is 1.99. The van der Waals surface area contributed by atoms with Crippen LogP contribution in [0.3, 0.4) is 0 Å². The average molecular weight is 621 g/mol. The monoisotopic (exact) mass is 620 g/mol.